The first-order chi connectivity index (χ1) is 18.4. The van der Waals surface area contributed by atoms with E-state index in [1.165, 1.54) is 4.90 Å². The highest BCUT2D eigenvalue weighted by molar-refractivity contribution is 9.10. The molecule has 0 aromatic heterocycles. The largest absolute Gasteiger partial charge is 0.473 e. The Morgan fingerprint density at radius 1 is 1.05 bits per heavy atom. The number of carbonyl (C=O) groups is 3. The van der Waals surface area contributed by atoms with E-state index in [0.29, 0.717) is 28.2 Å². The van der Waals surface area contributed by atoms with Gasteiger partial charge >= 0.3 is 5.97 Å². The molecule has 1 aliphatic rings. The Hall–Kier alpha value is -3.79. The quantitative estimate of drug-likeness (QED) is 0.350. The number of ether oxygens (including phenoxy) is 2. The maximum Gasteiger partial charge on any atom is 0.338 e. The van der Waals surface area contributed by atoms with Crippen LogP contribution >= 0.6 is 15.9 Å². The molecule has 2 unspecified atom stereocenters. The minimum Gasteiger partial charge on any atom is -0.473 e. The van der Waals surface area contributed by atoms with Gasteiger partial charge in [0, 0.05) is 28.3 Å². The van der Waals surface area contributed by atoms with E-state index in [2.05, 4.69) is 21.2 Å². The van der Waals surface area contributed by atoms with E-state index in [1.807, 2.05) is 0 Å². The zero-order valence-electron chi connectivity index (χ0n) is 21.5. The number of halogens is 3. The van der Waals surface area contributed by atoms with Crippen molar-refractivity contribution in [3.05, 3.63) is 94.0 Å². The predicted octanol–water partition coefficient (Wildman–Crippen LogP) is 5.72. The van der Waals surface area contributed by atoms with Gasteiger partial charge in [0.05, 0.1) is 5.56 Å². The minimum absolute atomic E-state index is 0.272. The molecule has 204 valence electrons. The van der Waals surface area contributed by atoms with Crippen LogP contribution in [0.3, 0.4) is 0 Å². The molecule has 10 heteroatoms. The van der Waals surface area contributed by atoms with Crippen LogP contribution in [0.25, 0.3) is 0 Å². The fourth-order valence-corrected chi connectivity index (χ4v) is 4.58. The van der Waals surface area contributed by atoms with Crippen molar-refractivity contribution in [3.8, 4) is 5.75 Å². The van der Waals surface area contributed by atoms with Gasteiger partial charge in [-0.2, -0.15) is 0 Å². The third-order valence-corrected chi connectivity index (χ3v) is 6.29. The summed E-state index contributed by atoms with van der Waals surface area (Å²) in [5, 5.41) is 2.71. The average molecular weight is 601 g/mol. The Morgan fingerprint density at radius 2 is 1.77 bits per heavy atom. The molecule has 1 fully saturated rings. The highest BCUT2D eigenvalue weighted by atomic mass is 79.9. The molecule has 0 radical (unpaired) electrons. The summed E-state index contributed by atoms with van der Waals surface area (Å²) in [5.74, 6) is -3.60. The first kappa shape index (κ1) is 28.2. The number of rotatable bonds is 7. The van der Waals surface area contributed by atoms with Gasteiger partial charge in [0.25, 0.3) is 5.91 Å². The highest BCUT2D eigenvalue weighted by Crippen LogP contribution is 2.29. The summed E-state index contributed by atoms with van der Waals surface area (Å²) in [7, 11) is 0. The lowest BCUT2D eigenvalue weighted by molar-refractivity contribution is -0.131. The Labute approximate surface area is 233 Å². The van der Waals surface area contributed by atoms with Crippen LogP contribution in [0.1, 0.15) is 49.2 Å². The third-order valence-electron chi connectivity index (χ3n) is 5.83. The molecule has 1 heterocycles. The summed E-state index contributed by atoms with van der Waals surface area (Å²) in [5.41, 5.74) is 0.478. The normalized spacial score (nSPS) is 16.1. The number of esters is 1. The highest BCUT2D eigenvalue weighted by Gasteiger charge is 2.36. The molecule has 1 saturated heterocycles. The van der Waals surface area contributed by atoms with Crippen molar-refractivity contribution >= 4 is 39.4 Å². The van der Waals surface area contributed by atoms with Crippen LogP contribution in [-0.2, 0) is 14.3 Å². The maximum atomic E-state index is 14.3. The summed E-state index contributed by atoms with van der Waals surface area (Å²) >= 11 is 3.38. The first-order valence-electron chi connectivity index (χ1n) is 12.2. The Balaban J connectivity index is 1.52. The fraction of sp³-hybridized carbons (Fsp3) is 0.276. The van der Waals surface area contributed by atoms with Crippen molar-refractivity contribution < 1.29 is 32.6 Å². The second-order valence-corrected chi connectivity index (χ2v) is 10.9. The number of nitrogens with one attached hydrogen (secondary N) is 1. The van der Waals surface area contributed by atoms with Gasteiger partial charge in [-0.15, -0.1) is 0 Å². The van der Waals surface area contributed by atoms with Crippen LogP contribution in [0.15, 0.2) is 71.2 Å². The van der Waals surface area contributed by atoms with E-state index in [4.69, 9.17) is 9.47 Å². The molecule has 0 spiro atoms. The lowest BCUT2D eigenvalue weighted by atomic mass is 10.1. The van der Waals surface area contributed by atoms with Crippen LogP contribution in [0.2, 0.25) is 0 Å². The van der Waals surface area contributed by atoms with E-state index in [-0.39, 0.29) is 23.8 Å². The molecule has 1 N–H and O–H groups in total. The number of carbonyl (C=O) groups excluding carboxylic acids is 3. The molecule has 39 heavy (non-hydrogen) atoms. The van der Waals surface area contributed by atoms with Gasteiger partial charge in [-0.05, 0) is 57.5 Å². The number of nitrogens with zero attached hydrogens (tertiary/aromatic N) is 1. The molecule has 7 nitrogen and oxygen atoms in total. The third kappa shape index (κ3) is 7.00. The summed E-state index contributed by atoms with van der Waals surface area (Å²) in [4.78, 5) is 40.7. The molecule has 1 aliphatic heterocycles. The number of hydrogen-bond acceptors (Lipinski definition) is 5. The van der Waals surface area contributed by atoms with Crippen molar-refractivity contribution in [1.29, 1.82) is 0 Å². The second-order valence-electron chi connectivity index (χ2n) is 10.0. The zero-order valence-corrected chi connectivity index (χ0v) is 23.1. The predicted molar refractivity (Wildman–Crippen MR) is 144 cm³/mol. The van der Waals surface area contributed by atoms with Crippen LogP contribution in [0.4, 0.5) is 14.5 Å². The standard InChI is InChI=1S/C29H27BrF2N2O5/c1-29(2,3)39-28(37)18-13-19(30)15-21(14-18)34-12-11-23(27(34)36)33-26(35)25(17-7-5-4-6-8-17)38-24-10-9-20(31)16-22(24)32/h4-10,13-16,23,25H,11-12H2,1-3H3,(H,33,35). The molecule has 3 aromatic carbocycles. The van der Waals surface area contributed by atoms with Gasteiger partial charge in [0.1, 0.15) is 17.5 Å². The van der Waals surface area contributed by atoms with E-state index < -0.39 is 41.3 Å². The first-order valence-corrected chi connectivity index (χ1v) is 13.0. The van der Waals surface area contributed by atoms with Gasteiger partial charge in [0.2, 0.25) is 12.0 Å². The Morgan fingerprint density at radius 3 is 2.44 bits per heavy atom. The van der Waals surface area contributed by atoms with Crippen LogP contribution < -0.4 is 15.0 Å². The average Bonchev–Trinajstić information content (AvgIpc) is 3.22. The van der Waals surface area contributed by atoms with Crippen LogP contribution in [0, 0.1) is 11.6 Å². The molecular formula is C29H27BrF2N2O5. The topological polar surface area (TPSA) is 84.9 Å². The van der Waals surface area contributed by atoms with Gasteiger partial charge < -0.3 is 19.7 Å². The van der Waals surface area contributed by atoms with Gasteiger partial charge in [0.15, 0.2) is 11.6 Å². The van der Waals surface area contributed by atoms with Crippen molar-refractivity contribution in [3.63, 3.8) is 0 Å². The molecule has 2 atom stereocenters. The van der Waals surface area contributed by atoms with E-state index in [9.17, 15) is 23.2 Å². The second kappa shape index (κ2) is 11.5. The van der Waals surface area contributed by atoms with Crippen molar-refractivity contribution in [2.24, 2.45) is 0 Å². The van der Waals surface area contributed by atoms with Gasteiger partial charge in [-0.25, -0.2) is 13.6 Å². The molecule has 0 saturated carbocycles. The summed E-state index contributed by atoms with van der Waals surface area (Å²) in [6.07, 6.45) is -0.997. The summed E-state index contributed by atoms with van der Waals surface area (Å²) in [6.45, 7) is 5.57. The molecule has 3 aromatic rings. The number of hydrogen-bond donors (Lipinski definition) is 1. The van der Waals surface area contributed by atoms with Gasteiger partial charge in [-0.1, -0.05) is 46.3 Å². The maximum absolute atomic E-state index is 14.3. The Bertz CT molecular complexity index is 1390. The van der Waals surface area contributed by atoms with Crippen molar-refractivity contribution in [2.75, 3.05) is 11.4 Å². The number of amides is 2. The van der Waals surface area contributed by atoms with E-state index in [1.54, 1.807) is 69.3 Å². The van der Waals surface area contributed by atoms with Crippen LogP contribution in [0.5, 0.6) is 5.75 Å². The lowest BCUT2D eigenvalue weighted by Gasteiger charge is -2.23. The molecule has 4 rings (SSSR count). The van der Waals surface area contributed by atoms with E-state index >= 15 is 0 Å². The van der Waals surface area contributed by atoms with Gasteiger partial charge in [-0.3, -0.25) is 9.59 Å². The summed E-state index contributed by atoms with van der Waals surface area (Å²) < 4.78 is 39.4. The van der Waals surface area contributed by atoms with E-state index in [0.717, 1.165) is 12.1 Å². The van der Waals surface area contributed by atoms with Crippen molar-refractivity contribution in [1.82, 2.24) is 5.32 Å². The minimum atomic E-state index is -1.29. The Kier molecular flexibility index (Phi) is 8.34. The fourth-order valence-electron chi connectivity index (χ4n) is 4.10. The lowest BCUT2D eigenvalue weighted by Crippen LogP contribution is -2.44. The molecule has 0 aliphatic carbocycles. The SMILES string of the molecule is CC(C)(C)OC(=O)c1cc(Br)cc(N2CCC(NC(=O)C(Oc3ccc(F)cc3F)c3ccccc3)C2=O)c1. The molecular weight excluding hydrogens is 574 g/mol. The monoisotopic (exact) mass is 600 g/mol. The number of benzene rings is 3. The van der Waals surface area contributed by atoms with Crippen LogP contribution in [-0.4, -0.2) is 36.0 Å². The zero-order chi connectivity index (χ0) is 28.3. The van der Waals surface area contributed by atoms with Crippen molar-refractivity contribution in [2.45, 2.75) is 44.9 Å². The smallest absolute Gasteiger partial charge is 0.338 e. The number of anilines is 1. The molecule has 2 amide bonds. The molecule has 0 bridgehead atoms. The summed E-state index contributed by atoms with van der Waals surface area (Å²) in [6, 6.07) is 15.2.